The van der Waals surface area contributed by atoms with Crippen LogP contribution in [0.4, 0.5) is 0 Å². The summed E-state index contributed by atoms with van der Waals surface area (Å²) < 4.78 is 6.45. The molecule has 0 aliphatic carbocycles. The van der Waals surface area contributed by atoms with Crippen LogP contribution < -0.4 is 10.1 Å². The average Bonchev–Trinajstić information content (AvgIpc) is 2.37. The second-order valence-corrected chi connectivity index (χ2v) is 5.93. The molecule has 1 aromatic rings. The van der Waals surface area contributed by atoms with Gasteiger partial charge in [0.15, 0.2) is 0 Å². The third-order valence-corrected chi connectivity index (χ3v) is 3.76. The van der Waals surface area contributed by atoms with E-state index in [9.17, 15) is 0 Å². The Morgan fingerprint density at radius 2 is 2.11 bits per heavy atom. The van der Waals surface area contributed by atoms with Crippen molar-refractivity contribution < 1.29 is 4.74 Å². The van der Waals surface area contributed by atoms with Gasteiger partial charge in [0, 0.05) is 17.1 Å². The van der Waals surface area contributed by atoms with Crippen molar-refractivity contribution in [2.45, 2.75) is 25.8 Å². The molecule has 0 aliphatic heterocycles. The van der Waals surface area contributed by atoms with Crippen molar-refractivity contribution in [2.75, 3.05) is 34.3 Å². The summed E-state index contributed by atoms with van der Waals surface area (Å²) in [5.74, 6) is 0.914. The molecule has 0 aromatic heterocycles. The maximum absolute atomic E-state index is 5.30. The molecule has 1 N–H and O–H groups in total. The van der Waals surface area contributed by atoms with Gasteiger partial charge in [0.2, 0.25) is 0 Å². The fourth-order valence-corrected chi connectivity index (χ4v) is 2.50. The lowest BCUT2D eigenvalue weighted by molar-refractivity contribution is 0.335. The summed E-state index contributed by atoms with van der Waals surface area (Å²) in [5, 5.41) is 3.61. The molecule has 1 aromatic carbocycles. The predicted octanol–water partition coefficient (Wildman–Crippen LogP) is 2.93. The van der Waals surface area contributed by atoms with Crippen molar-refractivity contribution in [3.8, 4) is 5.75 Å². The number of nitrogens with one attached hydrogen (secondary N) is 1. The van der Waals surface area contributed by atoms with Gasteiger partial charge in [-0.25, -0.2) is 0 Å². The van der Waals surface area contributed by atoms with Crippen molar-refractivity contribution in [1.82, 2.24) is 10.2 Å². The first-order valence-electron chi connectivity index (χ1n) is 6.77. The zero-order valence-corrected chi connectivity index (χ0v) is 14.0. The van der Waals surface area contributed by atoms with Crippen molar-refractivity contribution in [2.24, 2.45) is 0 Å². The van der Waals surface area contributed by atoms with Gasteiger partial charge in [0.1, 0.15) is 5.75 Å². The summed E-state index contributed by atoms with van der Waals surface area (Å²) in [7, 11) is 5.93. The second kappa shape index (κ2) is 8.56. The summed E-state index contributed by atoms with van der Waals surface area (Å²) in [6, 6.07) is 6.60. The Labute approximate surface area is 125 Å². The number of nitrogens with zero attached hydrogens (tertiary/aromatic N) is 1. The molecule has 0 saturated carbocycles. The summed E-state index contributed by atoms with van der Waals surface area (Å²) in [6.07, 6.45) is 2.15. The van der Waals surface area contributed by atoms with Crippen molar-refractivity contribution in [1.29, 1.82) is 0 Å². The molecule has 1 unspecified atom stereocenters. The fraction of sp³-hybridized carbons (Fsp3) is 0.600. The Hall–Kier alpha value is -0.580. The van der Waals surface area contributed by atoms with E-state index in [1.54, 1.807) is 7.11 Å². The number of halogens is 1. The van der Waals surface area contributed by atoms with Crippen LogP contribution in [0.2, 0.25) is 0 Å². The summed E-state index contributed by atoms with van der Waals surface area (Å²) in [4.78, 5) is 2.22. The molecule has 108 valence electrons. The largest absolute Gasteiger partial charge is 0.497 e. The predicted molar refractivity (Wildman–Crippen MR) is 85.0 cm³/mol. The van der Waals surface area contributed by atoms with Crippen LogP contribution in [-0.2, 0) is 6.42 Å². The molecular weight excluding hydrogens is 304 g/mol. The molecule has 0 radical (unpaired) electrons. The van der Waals surface area contributed by atoms with Gasteiger partial charge < -0.3 is 15.0 Å². The first-order valence-corrected chi connectivity index (χ1v) is 7.56. The fourth-order valence-electron chi connectivity index (χ4n) is 2.09. The van der Waals surface area contributed by atoms with E-state index in [4.69, 9.17) is 4.74 Å². The molecule has 1 atom stereocenters. The van der Waals surface area contributed by atoms with Gasteiger partial charge in [-0.1, -0.05) is 22.9 Å². The highest BCUT2D eigenvalue weighted by molar-refractivity contribution is 9.10. The van der Waals surface area contributed by atoms with Gasteiger partial charge in [-0.15, -0.1) is 0 Å². The molecule has 0 amide bonds. The molecule has 0 bridgehead atoms. The highest BCUT2D eigenvalue weighted by Gasteiger charge is 2.12. The van der Waals surface area contributed by atoms with Crippen LogP contribution in [0.3, 0.4) is 0 Å². The molecule has 0 heterocycles. The highest BCUT2D eigenvalue weighted by atomic mass is 79.9. The molecular formula is C15H25BrN2O. The van der Waals surface area contributed by atoms with E-state index < -0.39 is 0 Å². The van der Waals surface area contributed by atoms with Gasteiger partial charge in [0.25, 0.3) is 0 Å². The van der Waals surface area contributed by atoms with Gasteiger partial charge in [-0.05, 0) is 57.2 Å². The third kappa shape index (κ3) is 5.93. The Morgan fingerprint density at radius 1 is 1.37 bits per heavy atom. The quantitative estimate of drug-likeness (QED) is 0.794. The van der Waals surface area contributed by atoms with Crippen molar-refractivity contribution in [3.05, 3.63) is 28.2 Å². The normalized spacial score (nSPS) is 12.7. The number of benzene rings is 1. The first-order chi connectivity index (χ1) is 9.06. The Balaban J connectivity index is 2.76. The minimum atomic E-state index is 0.457. The molecule has 0 spiro atoms. The number of ether oxygens (including phenoxy) is 1. The van der Waals surface area contributed by atoms with Crippen LogP contribution in [0.1, 0.15) is 18.9 Å². The smallest absolute Gasteiger partial charge is 0.119 e. The van der Waals surface area contributed by atoms with Crippen molar-refractivity contribution in [3.63, 3.8) is 0 Å². The van der Waals surface area contributed by atoms with Gasteiger partial charge in [0.05, 0.1) is 7.11 Å². The number of hydrogen-bond donors (Lipinski definition) is 1. The van der Waals surface area contributed by atoms with Crippen LogP contribution in [0.15, 0.2) is 22.7 Å². The monoisotopic (exact) mass is 328 g/mol. The maximum atomic E-state index is 5.30. The van der Waals surface area contributed by atoms with E-state index in [1.165, 1.54) is 5.56 Å². The van der Waals surface area contributed by atoms with E-state index in [0.29, 0.717) is 6.04 Å². The van der Waals surface area contributed by atoms with E-state index in [0.717, 1.165) is 36.2 Å². The molecule has 0 saturated heterocycles. The van der Waals surface area contributed by atoms with Gasteiger partial charge in [-0.2, -0.15) is 0 Å². The van der Waals surface area contributed by atoms with Crippen LogP contribution in [0, 0.1) is 0 Å². The lowest BCUT2D eigenvalue weighted by Gasteiger charge is -2.23. The zero-order chi connectivity index (χ0) is 14.3. The van der Waals surface area contributed by atoms with Gasteiger partial charge >= 0.3 is 0 Å². The number of rotatable bonds is 8. The van der Waals surface area contributed by atoms with Gasteiger partial charge in [-0.3, -0.25) is 0 Å². The maximum Gasteiger partial charge on any atom is 0.119 e. The molecule has 3 nitrogen and oxygen atoms in total. The van der Waals surface area contributed by atoms with Crippen LogP contribution in [0.25, 0.3) is 0 Å². The standard InChI is InChI=1S/C15H25BrN2O/c1-5-8-17-13(11-18(2)3)9-12-10-14(19-4)6-7-15(12)16/h6-7,10,13,17H,5,8-9,11H2,1-4H3. The SMILES string of the molecule is CCCNC(Cc1cc(OC)ccc1Br)CN(C)C. The molecule has 0 fully saturated rings. The van der Waals surface area contributed by atoms with E-state index >= 15 is 0 Å². The molecule has 4 heteroatoms. The Morgan fingerprint density at radius 3 is 2.68 bits per heavy atom. The van der Waals surface area contributed by atoms with Crippen molar-refractivity contribution >= 4 is 15.9 Å². The first kappa shape index (κ1) is 16.5. The minimum absolute atomic E-state index is 0.457. The topological polar surface area (TPSA) is 24.5 Å². The number of hydrogen-bond acceptors (Lipinski definition) is 3. The van der Waals surface area contributed by atoms with E-state index in [-0.39, 0.29) is 0 Å². The lowest BCUT2D eigenvalue weighted by Crippen LogP contribution is -2.40. The molecule has 1 rings (SSSR count). The zero-order valence-electron chi connectivity index (χ0n) is 12.4. The summed E-state index contributed by atoms with van der Waals surface area (Å²) >= 11 is 3.63. The number of likely N-dealkylation sites (N-methyl/N-ethyl adjacent to an activating group) is 1. The van der Waals surface area contributed by atoms with Crippen LogP contribution in [0.5, 0.6) is 5.75 Å². The molecule has 19 heavy (non-hydrogen) atoms. The summed E-state index contributed by atoms with van der Waals surface area (Å²) in [6.45, 7) is 4.28. The Bertz CT molecular complexity index is 382. The molecule has 0 aliphatic rings. The van der Waals surface area contributed by atoms with E-state index in [2.05, 4.69) is 59.3 Å². The minimum Gasteiger partial charge on any atom is -0.497 e. The lowest BCUT2D eigenvalue weighted by atomic mass is 10.0. The van der Waals surface area contributed by atoms with Crippen LogP contribution in [-0.4, -0.2) is 45.2 Å². The average molecular weight is 329 g/mol. The van der Waals surface area contributed by atoms with Crippen LogP contribution >= 0.6 is 15.9 Å². The second-order valence-electron chi connectivity index (χ2n) is 5.07. The highest BCUT2D eigenvalue weighted by Crippen LogP contribution is 2.23. The third-order valence-electron chi connectivity index (χ3n) is 2.99. The van der Waals surface area contributed by atoms with E-state index in [1.807, 2.05) is 6.07 Å². The summed E-state index contributed by atoms with van der Waals surface area (Å²) in [5.41, 5.74) is 1.29. The number of methoxy groups -OCH3 is 1. The Kier molecular flexibility index (Phi) is 7.42.